The number of thioether (sulfide) groups is 2. The molecular formula is C26H25N4OS2+. The van der Waals surface area contributed by atoms with Crippen molar-refractivity contribution >= 4 is 46.1 Å². The lowest BCUT2D eigenvalue weighted by molar-refractivity contribution is -0.675. The van der Waals surface area contributed by atoms with Gasteiger partial charge in [-0.1, -0.05) is 54.2 Å². The minimum atomic E-state index is 0.0191. The van der Waals surface area contributed by atoms with Gasteiger partial charge in [0, 0.05) is 24.6 Å². The van der Waals surface area contributed by atoms with Crippen molar-refractivity contribution in [2.24, 2.45) is 4.99 Å². The molecule has 1 saturated heterocycles. The number of amides is 1. The van der Waals surface area contributed by atoms with E-state index in [0.717, 1.165) is 33.2 Å². The van der Waals surface area contributed by atoms with Crippen molar-refractivity contribution < 1.29 is 9.36 Å². The molecule has 0 saturated carbocycles. The molecule has 33 heavy (non-hydrogen) atoms. The molecule has 7 heteroatoms. The van der Waals surface area contributed by atoms with Crippen LogP contribution in [0.1, 0.15) is 18.1 Å². The molecule has 3 aromatic rings. The van der Waals surface area contributed by atoms with Crippen molar-refractivity contribution in [3.63, 3.8) is 0 Å². The van der Waals surface area contributed by atoms with E-state index in [4.69, 9.17) is 4.99 Å². The highest BCUT2D eigenvalue weighted by atomic mass is 32.2. The molecule has 2 aromatic carbocycles. The fourth-order valence-corrected chi connectivity index (χ4v) is 6.43. The number of rotatable bonds is 4. The number of carbonyl (C=O) groups excluding carboxylic acids is 1. The molecule has 0 bridgehead atoms. The van der Waals surface area contributed by atoms with Crippen LogP contribution in [0.15, 0.2) is 92.7 Å². The number of amidine groups is 1. The molecule has 0 aliphatic carbocycles. The summed E-state index contributed by atoms with van der Waals surface area (Å²) in [7, 11) is 2.03. The number of hydrogen-bond donors (Lipinski definition) is 0. The minimum Gasteiger partial charge on any atom is -0.337 e. The molecule has 5 rings (SSSR count). The summed E-state index contributed by atoms with van der Waals surface area (Å²) in [5, 5.41) is 1.69. The highest BCUT2D eigenvalue weighted by Crippen LogP contribution is 2.50. The number of aryl methyl sites for hydroxylation is 1. The quantitative estimate of drug-likeness (QED) is 0.380. The lowest BCUT2D eigenvalue weighted by Gasteiger charge is -2.15. The van der Waals surface area contributed by atoms with Gasteiger partial charge in [-0.2, -0.15) is 0 Å². The van der Waals surface area contributed by atoms with E-state index >= 15 is 0 Å². The number of aromatic nitrogens is 1. The smallest absolute Gasteiger partial charge is 0.326 e. The molecule has 1 amide bonds. The molecule has 1 fully saturated rings. The monoisotopic (exact) mass is 473 g/mol. The summed E-state index contributed by atoms with van der Waals surface area (Å²) in [5.74, 6) is 0.846. The molecule has 2 aliphatic heterocycles. The fraction of sp³-hybridized carbons (Fsp3) is 0.192. The van der Waals surface area contributed by atoms with Crippen LogP contribution in [-0.4, -0.2) is 29.6 Å². The number of carbonyl (C=O) groups is 1. The molecule has 0 spiro atoms. The molecular weight excluding hydrogens is 448 g/mol. The van der Waals surface area contributed by atoms with Crippen molar-refractivity contribution in [1.29, 1.82) is 0 Å². The normalized spacial score (nSPS) is 19.0. The number of aliphatic imine (C=N–C) groups is 1. The summed E-state index contributed by atoms with van der Waals surface area (Å²) in [5.41, 5.74) is 3.56. The predicted octanol–water partition coefficient (Wildman–Crippen LogP) is 5.32. The zero-order chi connectivity index (χ0) is 22.9. The van der Waals surface area contributed by atoms with E-state index < -0.39 is 0 Å². The number of likely N-dealkylation sites (N-methyl/N-ethyl adjacent to an activating group) is 1. The van der Waals surface area contributed by atoms with Gasteiger partial charge >= 0.3 is 5.82 Å². The second kappa shape index (κ2) is 9.08. The maximum atomic E-state index is 13.4. The van der Waals surface area contributed by atoms with E-state index in [1.807, 2.05) is 56.6 Å². The number of anilines is 1. The topological polar surface area (TPSA) is 39.8 Å². The van der Waals surface area contributed by atoms with E-state index in [-0.39, 0.29) is 5.91 Å². The van der Waals surface area contributed by atoms with E-state index in [1.165, 1.54) is 27.8 Å². The summed E-state index contributed by atoms with van der Waals surface area (Å²) in [6.07, 6.45) is 2.03. The first kappa shape index (κ1) is 21.8. The summed E-state index contributed by atoms with van der Waals surface area (Å²) < 4.78 is 2.11. The number of nitrogens with zero attached hydrogens (tertiary/aromatic N) is 4. The summed E-state index contributed by atoms with van der Waals surface area (Å²) >= 11 is 3.13. The molecule has 0 atom stereocenters. The molecule has 1 aromatic heterocycles. The molecule has 2 aliphatic rings. The third kappa shape index (κ3) is 4.18. The first-order chi connectivity index (χ1) is 16.0. The Morgan fingerprint density at radius 1 is 1.00 bits per heavy atom. The van der Waals surface area contributed by atoms with Gasteiger partial charge in [-0.05, 0) is 59.9 Å². The van der Waals surface area contributed by atoms with Crippen LogP contribution in [0.2, 0.25) is 0 Å². The van der Waals surface area contributed by atoms with Crippen molar-refractivity contribution in [3.8, 4) is 0 Å². The molecule has 5 nitrogen and oxygen atoms in total. The van der Waals surface area contributed by atoms with Crippen LogP contribution in [0.3, 0.4) is 0 Å². The standard InChI is InChI=1S/C26H25N4OS2/c1-4-30-24(31)23(25-28(3)20-14-13-18(2)16-21(20)32-25)33-26(30)27-22-12-8-9-15-29(22)17-19-10-6-5-7-11-19/h5-16H,4,17H2,1-3H3/q+1/b25-23+. The van der Waals surface area contributed by atoms with Crippen LogP contribution in [-0.2, 0) is 11.3 Å². The van der Waals surface area contributed by atoms with Gasteiger partial charge in [0.1, 0.15) is 11.4 Å². The van der Waals surface area contributed by atoms with Crippen LogP contribution in [0, 0.1) is 6.92 Å². The maximum Gasteiger partial charge on any atom is 0.326 e. The van der Waals surface area contributed by atoms with E-state index in [1.54, 1.807) is 16.7 Å². The van der Waals surface area contributed by atoms with Gasteiger partial charge in [-0.15, -0.1) is 0 Å². The number of benzene rings is 2. The van der Waals surface area contributed by atoms with E-state index in [0.29, 0.717) is 6.54 Å². The van der Waals surface area contributed by atoms with Gasteiger partial charge in [-0.25, -0.2) is 4.57 Å². The lowest BCUT2D eigenvalue weighted by atomic mass is 10.2. The van der Waals surface area contributed by atoms with Gasteiger partial charge in [0.2, 0.25) is 0 Å². The molecule has 3 heterocycles. The van der Waals surface area contributed by atoms with Crippen LogP contribution in [0.5, 0.6) is 0 Å². The van der Waals surface area contributed by atoms with Gasteiger partial charge in [-0.3, -0.25) is 9.69 Å². The highest BCUT2D eigenvalue weighted by Gasteiger charge is 2.41. The summed E-state index contributed by atoms with van der Waals surface area (Å²) in [4.78, 5) is 24.2. The van der Waals surface area contributed by atoms with Crippen molar-refractivity contribution in [2.75, 3.05) is 18.5 Å². The largest absolute Gasteiger partial charge is 0.337 e. The molecule has 0 radical (unpaired) electrons. The Labute approximate surface area is 202 Å². The zero-order valence-electron chi connectivity index (χ0n) is 18.9. The van der Waals surface area contributed by atoms with Crippen LogP contribution in [0.25, 0.3) is 0 Å². The van der Waals surface area contributed by atoms with Crippen molar-refractivity contribution in [1.82, 2.24) is 4.90 Å². The van der Waals surface area contributed by atoms with Gasteiger partial charge in [0.25, 0.3) is 11.1 Å². The maximum absolute atomic E-state index is 13.4. The third-order valence-corrected chi connectivity index (χ3v) is 8.10. The Morgan fingerprint density at radius 2 is 1.79 bits per heavy atom. The Hall–Kier alpha value is -3.03. The Bertz CT molecular complexity index is 1290. The predicted molar refractivity (Wildman–Crippen MR) is 137 cm³/mol. The van der Waals surface area contributed by atoms with Gasteiger partial charge in [0.15, 0.2) is 0 Å². The average molecular weight is 474 g/mol. The Morgan fingerprint density at radius 3 is 2.58 bits per heavy atom. The minimum absolute atomic E-state index is 0.0191. The second-order valence-corrected chi connectivity index (χ2v) is 9.99. The van der Waals surface area contributed by atoms with E-state index in [2.05, 4.69) is 46.7 Å². The molecule has 166 valence electrons. The van der Waals surface area contributed by atoms with Gasteiger partial charge < -0.3 is 4.90 Å². The average Bonchev–Trinajstić information content (AvgIpc) is 3.31. The molecule has 0 unspecified atom stereocenters. The fourth-order valence-electron chi connectivity index (χ4n) is 3.94. The van der Waals surface area contributed by atoms with Crippen LogP contribution < -0.4 is 9.47 Å². The first-order valence-electron chi connectivity index (χ1n) is 10.9. The Kier molecular flexibility index (Phi) is 6.00. The van der Waals surface area contributed by atoms with Crippen molar-refractivity contribution in [3.05, 3.63) is 94.0 Å². The Balaban J connectivity index is 1.50. The number of fused-ring (bicyclic) bond motifs is 1. The zero-order valence-corrected chi connectivity index (χ0v) is 20.5. The third-order valence-electron chi connectivity index (χ3n) is 5.68. The molecule has 0 N–H and O–H groups in total. The number of pyridine rings is 1. The van der Waals surface area contributed by atoms with Crippen LogP contribution in [0.4, 0.5) is 11.5 Å². The summed E-state index contributed by atoms with van der Waals surface area (Å²) in [6, 6.07) is 22.7. The van der Waals surface area contributed by atoms with Gasteiger partial charge in [0.05, 0.1) is 16.9 Å². The van der Waals surface area contributed by atoms with Crippen molar-refractivity contribution in [2.45, 2.75) is 25.3 Å². The number of hydrogen-bond acceptors (Lipinski definition) is 5. The summed E-state index contributed by atoms with van der Waals surface area (Å²) in [6.45, 7) is 5.39. The lowest BCUT2D eigenvalue weighted by Crippen LogP contribution is -2.35. The SMILES string of the molecule is CCN1C(=O)/C(=C2\Sc3cc(C)ccc3N2C)SC1=Nc1cccc[n+]1Cc1ccccc1. The van der Waals surface area contributed by atoms with E-state index in [9.17, 15) is 4.79 Å². The highest BCUT2D eigenvalue weighted by molar-refractivity contribution is 8.19. The van der Waals surface area contributed by atoms with Crippen LogP contribution >= 0.6 is 23.5 Å². The second-order valence-electron chi connectivity index (χ2n) is 7.98. The first-order valence-corrected chi connectivity index (χ1v) is 12.6.